The smallest absolute Gasteiger partial charge is 0.225 e. The van der Waals surface area contributed by atoms with Crippen LogP contribution in [0.2, 0.25) is 0 Å². The van der Waals surface area contributed by atoms with Crippen LogP contribution in [0.3, 0.4) is 0 Å². The predicted octanol–water partition coefficient (Wildman–Crippen LogP) is 5.31. The summed E-state index contributed by atoms with van der Waals surface area (Å²) in [5, 5.41) is 4.59. The van der Waals surface area contributed by atoms with E-state index in [0.717, 1.165) is 10.9 Å². The van der Waals surface area contributed by atoms with Crippen LogP contribution in [0.1, 0.15) is 22.8 Å². The fraction of sp³-hybridized carbons (Fsp3) is 0.105. The topological polar surface area (TPSA) is 29.1 Å². The molecular weight excluding hydrogens is 347 g/mol. The number of rotatable bonds is 2. The maximum Gasteiger partial charge on any atom is 0.225 e. The number of anilines is 1. The van der Waals surface area contributed by atoms with E-state index in [9.17, 15) is 18.0 Å². The number of halogens is 3. The summed E-state index contributed by atoms with van der Waals surface area (Å²) in [4.78, 5) is 12.9. The maximum absolute atomic E-state index is 14.2. The lowest BCUT2D eigenvalue weighted by Gasteiger charge is -2.24. The number of carbonyl (C=O) groups excluding carboxylic acids is 1. The van der Waals surface area contributed by atoms with E-state index in [2.05, 4.69) is 5.32 Å². The number of thiophene rings is 1. The van der Waals surface area contributed by atoms with Gasteiger partial charge in [-0.1, -0.05) is 24.3 Å². The van der Waals surface area contributed by atoms with Gasteiger partial charge >= 0.3 is 0 Å². The van der Waals surface area contributed by atoms with Gasteiger partial charge in [0.25, 0.3) is 0 Å². The molecule has 0 fully saturated rings. The Morgan fingerprint density at radius 1 is 1.08 bits per heavy atom. The van der Waals surface area contributed by atoms with Crippen LogP contribution >= 0.6 is 11.3 Å². The number of fused-ring (bicyclic) bond motifs is 1. The second kappa shape index (κ2) is 6.04. The molecule has 1 atom stereocenters. The highest BCUT2D eigenvalue weighted by Gasteiger charge is 2.32. The van der Waals surface area contributed by atoms with Crippen LogP contribution in [-0.2, 0) is 4.79 Å². The van der Waals surface area contributed by atoms with Crippen molar-refractivity contribution in [3.05, 3.63) is 75.7 Å². The van der Waals surface area contributed by atoms with E-state index >= 15 is 0 Å². The van der Waals surface area contributed by atoms with E-state index in [1.54, 1.807) is 17.5 Å². The monoisotopic (exact) mass is 359 g/mol. The average molecular weight is 359 g/mol. The molecule has 0 aliphatic carbocycles. The fourth-order valence-electron chi connectivity index (χ4n) is 3.14. The minimum absolute atomic E-state index is 0.0382. The first-order valence-electron chi connectivity index (χ1n) is 7.65. The van der Waals surface area contributed by atoms with Gasteiger partial charge in [0.05, 0.1) is 5.69 Å². The quantitative estimate of drug-likeness (QED) is 0.660. The molecule has 0 saturated carbocycles. The van der Waals surface area contributed by atoms with Gasteiger partial charge in [-0.25, -0.2) is 13.2 Å². The number of nitrogens with one attached hydrogen (secondary N) is 1. The van der Waals surface area contributed by atoms with Gasteiger partial charge in [-0.3, -0.25) is 4.79 Å². The first-order valence-corrected chi connectivity index (χ1v) is 8.53. The van der Waals surface area contributed by atoms with Crippen molar-refractivity contribution in [3.8, 4) is 11.1 Å². The number of hydrogen-bond acceptors (Lipinski definition) is 2. The number of carbonyl (C=O) groups is 1. The van der Waals surface area contributed by atoms with Crippen LogP contribution in [0, 0.1) is 17.5 Å². The Hall–Kier alpha value is -2.60. The van der Waals surface area contributed by atoms with Gasteiger partial charge in [0, 0.05) is 28.2 Å². The standard InChI is InChI=1S/C19H12F3NOS/c20-11-4-1-3-10(7-11)14-9-25-19-13(8-16(24)23-18(14)19)12-5-2-6-15(21)17(12)22/h1-7,9,13H,8H2,(H,23,24)/t13-/m0/s1. The molecule has 2 nitrogen and oxygen atoms in total. The molecule has 0 saturated heterocycles. The third-order valence-corrected chi connectivity index (χ3v) is 5.38. The normalized spacial score (nSPS) is 16.4. The highest BCUT2D eigenvalue weighted by atomic mass is 32.1. The molecule has 0 radical (unpaired) electrons. The van der Waals surface area contributed by atoms with Gasteiger partial charge < -0.3 is 5.32 Å². The number of benzene rings is 2. The van der Waals surface area contributed by atoms with Crippen molar-refractivity contribution in [3.63, 3.8) is 0 Å². The third-order valence-electron chi connectivity index (χ3n) is 4.28. The Morgan fingerprint density at radius 2 is 1.88 bits per heavy atom. The average Bonchev–Trinajstić information content (AvgIpc) is 3.00. The summed E-state index contributed by atoms with van der Waals surface area (Å²) in [5.74, 6) is -3.10. The van der Waals surface area contributed by atoms with Gasteiger partial charge in [0.1, 0.15) is 5.82 Å². The summed E-state index contributed by atoms with van der Waals surface area (Å²) in [6.45, 7) is 0. The largest absolute Gasteiger partial charge is 0.325 e. The van der Waals surface area contributed by atoms with Crippen molar-refractivity contribution in [2.45, 2.75) is 12.3 Å². The van der Waals surface area contributed by atoms with Crippen molar-refractivity contribution in [1.82, 2.24) is 0 Å². The van der Waals surface area contributed by atoms with E-state index in [1.807, 2.05) is 0 Å². The van der Waals surface area contributed by atoms with E-state index < -0.39 is 17.6 Å². The van der Waals surface area contributed by atoms with Crippen molar-refractivity contribution >= 4 is 22.9 Å². The third kappa shape index (κ3) is 2.72. The Morgan fingerprint density at radius 3 is 2.68 bits per heavy atom. The molecule has 3 aromatic rings. The van der Waals surface area contributed by atoms with E-state index in [4.69, 9.17) is 0 Å². The zero-order valence-electron chi connectivity index (χ0n) is 12.9. The van der Waals surface area contributed by atoms with E-state index in [1.165, 1.54) is 35.6 Å². The fourth-order valence-corrected chi connectivity index (χ4v) is 4.29. The Balaban J connectivity index is 1.86. The zero-order chi connectivity index (χ0) is 17.6. The van der Waals surface area contributed by atoms with Crippen molar-refractivity contribution in [2.75, 3.05) is 5.32 Å². The van der Waals surface area contributed by atoms with E-state index in [-0.39, 0.29) is 23.7 Å². The van der Waals surface area contributed by atoms with Crippen LogP contribution in [0.4, 0.5) is 18.9 Å². The SMILES string of the molecule is O=C1C[C@@H](c2cccc(F)c2F)c2scc(-c3cccc(F)c3)c2N1. The molecule has 4 rings (SSSR count). The molecule has 6 heteroatoms. The number of hydrogen-bond donors (Lipinski definition) is 1. The van der Waals surface area contributed by atoms with Crippen molar-refractivity contribution in [2.24, 2.45) is 0 Å². The van der Waals surface area contributed by atoms with Gasteiger partial charge in [0.15, 0.2) is 11.6 Å². The summed E-state index contributed by atoms with van der Waals surface area (Å²) in [5.41, 5.74) is 2.00. The molecule has 1 aliphatic rings. The summed E-state index contributed by atoms with van der Waals surface area (Å²) in [7, 11) is 0. The lowest BCUT2D eigenvalue weighted by molar-refractivity contribution is -0.116. The van der Waals surface area contributed by atoms with E-state index in [0.29, 0.717) is 16.8 Å². The van der Waals surface area contributed by atoms with Crippen LogP contribution in [0.5, 0.6) is 0 Å². The highest BCUT2D eigenvalue weighted by Crippen LogP contribution is 2.47. The second-order valence-electron chi connectivity index (χ2n) is 5.85. The Bertz CT molecular complexity index is 983. The van der Waals surface area contributed by atoms with Crippen LogP contribution < -0.4 is 5.32 Å². The predicted molar refractivity (Wildman–Crippen MR) is 91.2 cm³/mol. The zero-order valence-corrected chi connectivity index (χ0v) is 13.7. The molecular formula is C19H12F3NOS. The summed E-state index contributed by atoms with van der Waals surface area (Å²) in [6, 6.07) is 10.0. The minimum Gasteiger partial charge on any atom is -0.325 e. The van der Waals surface area contributed by atoms with Crippen LogP contribution in [0.15, 0.2) is 47.8 Å². The minimum atomic E-state index is -0.938. The van der Waals surface area contributed by atoms with Crippen molar-refractivity contribution in [1.29, 1.82) is 0 Å². The van der Waals surface area contributed by atoms with Gasteiger partial charge in [-0.15, -0.1) is 11.3 Å². The molecule has 0 spiro atoms. The van der Waals surface area contributed by atoms with Gasteiger partial charge in [-0.2, -0.15) is 0 Å². The van der Waals surface area contributed by atoms with Gasteiger partial charge in [0.2, 0.25) is 5.91 Å². The molecule has 1 amide bonds. The molecule has 25 heavy (non-hydrogen) atoms. The van der Waals surface area contributed by atoms with Gasteiger partial charge in [-0.05, 0) is 29.3 Å². The molecule has 2 heterocycles. The lowest BCUT2D eigenvalue weighted by Crippen LogP contribution is -2.23. The van der Waals surface area contributed by atoms with Crippen molar-refractivity contribution < 1.29 is 18.0 Å². The molecule has 1 aliphatic heterocycles. The Kier molecular flexibility index (Phi) is 3.84. The molecule has 1 aromatic heterocycles. The highest BCUT2D eigenvalue weighted by molar-refractivity contribution is 7.11. The second-order valence-corrected chi connectivity index (χ2v) is 6.76. The first-order chi connectivity index (χ1) is 12.0. The maximum atomic E-state index is 14.2. The molecule has 1 N–H and O–H groups in total. The Labute approximate surface area is 145 Å². The molecule has 0 bridgehead atoms. The lowest BCUT2D eigenvalue weighted by atomic mass is 9.88. The van der Waals surface area contributed by atoms with Crippen LogP contribution in [-0.4, -0.2) is 5.91 Å². The molecule has 2 aromatic carbocycles. The molecule has 0 unspecified atom stereocenters. The van der Waals surface area contributed by atoms with Crippen LogP contribution in [0.25, 0.3) is 11.1 Å². The summed E-state index contributed by atoms with van der Waals surface area (Å²) < 4.78 is 41.4. The number of amides is 1. The molecule has 126 valence electrons. The summed E-state index contributed by atoms with van der Waals surface area (Å²) >= 11 is 1.35. The summed E-state index contributed by atoms with van der Waals surface area (Å²) in [6.07, 6.45) is 0.0382. The first kappa shape index (κ1) is 15.9.